The van der Waals surface area contributed by atoms with E-state index in [0.29, 0.717) is 30.8 Å². The van der Waals surface area contributed by atoms with Crippen molar-refractivity contribution in [3.8, 4) is 11.5 Å². The topological polar surface area (TPSA) is 71.3 Å². The molecular formula is C15H18N4O2S. The first kappa shape index (κ1) is 13.9. The van der Waals surface area contributed by atoms with Gasteiger partial charge in [-0.1, -0.05) is 18.0 Å². The minimum absolute atomic E-state index is 0.102. The van der Waals surface area contributed by atoms with Crippen LogP contribution in [0.1, 0.15) is 31.5 Å². The van der Waals surface area contributed by atoms with E-state index in [1.807, 2.05) is 16.8 Å². The van der Waals surface area contributed by atoms with Crippen LogP contribution in [0.5, 0.6) is 0 Å². The van der Waals surface area contributed by atoms with Crippen LogP contribution in [-0.2, 0) is 11.3 Å². The molecule has 1 aliphatic heterocycles. The number of rotatable bonds is 3. The van der Waals surface area contributed by atoms with E-state index in [1.54, 1.807) is 11.3 Å². The number of fused-ring (bicyclic) bond motifs is 1. The van der Waals surface area contributed by atoms with Crippen molar-refractivity contribution >= 4 is 17.2 Å². The highest BCUT2D eigenvalue weighted by Gasteiger charge is 2.36. The zero-order valence-corrected chi connectivity index (χ0v) is 13.0. The summed E-state index contributed by atoms with van der Waals surface area (Å²) in [5.41, 5.74) is 0.954. The standard InChI is InChI=1S/C15H18N4O2S/c20-14-8-19(12-4-2-1-3-11(12)16-14)7-13-17-15(21-18-13)10-5-6-22-9-10/h5-6,9,11-12H,1-4,7-8H2,(H,16,20)/t11-,12+/m0/s1. The molecule has 1 aliphatic carbocycles. The van der Waals surface area contributed by atoms with Gasteiger partial charge in [-0.3, -0.25) is 9.69 Å². The molecular weight excluding hydrogens is 300 g/mol. The van der Waals surface area contributed by atoms with E-state index < -0.39 is 0 Å². The van der Waals surface area contributed by atoms with Gasteiger partial charge in [0.15, 0.2) is 5.82 Å². The summed E-state index contributed by atoms with van der Waals surface area (Å²) in [6.07, 6.45) is 4.61. The summed E-state index contributed by atoms with van der Waals surface area (Å²) >= 11 is 1.60. The lowest BCUT2D eigenvalue weighted by Gasteiger charge is -2.43. The summed E-state index contributed by atoms with van der Waals surface area (Å²) in [7, 11) is 0. The number of thiophene rings is 1. The molecule has 1 N–H and O–H groups in total. The third-order valence-corrected chi connectivity index (χ3v) is 5.16. The van der Waals surface area contributed by atoms with Crippen LogP contribution in [-0.4, -0.2) is 39.6 Å². The number of piperazine rings is 1. The Kier molecular flexibility index (Phi) is 3.67. The molecule has 7 heteroatoms. The van der Waals surface area contributed by atoms with Crippen LogP contribution in [0.3, 0.4) is 0 Å². The minimum atomic E-state index is 0.102. The van der Waals surface area contributed by atoms with Crippen LogP contribution in [0, 0.1) is 0 Å². The first-order valence-corrected chi connectivity index (χ1v) is 8.62. The number of carbonyl (C=O) groups is 1. The van der Waals surface area contributed by atoms with Gasteiger partial charge in [0.25, 0.3) is 5.89 Å². The molecule has 2 fully saturated rings. The van der Waals surface area contributed by atoms with Crippen molar-refractivity contribution in [2.24, 2.45) is 0 Å². The van der Waals surface area contributed by atoms with Crippen LogP contribution in [0.25, 0.3) is 11.5 Å². The lowest BCUT2D eigenvalue weighted by Crippen LogP contribution is -2.61. The van der Waals surface area contributed by atoms with Gasteiger partial charge in [0.05, 0.1) is 18.7 Å². The zero-order chi connectivity index (χ0) is 14.9. The summed E-state index contributed by atoms with van der Waals surface area (Å²) in [6.45, 7) is 0.992. The Balaban J connectivity index is 1.51. The maximum absolute atomic E-state index is 11.9. The predicted octanol–water partition coefficient (Wildman–Crippen LogP) is 2.04. The van der Waals surface area contributed by atoms with Gasteiger partial charge in [0, 0.05) is 17.5 Å². The number of aromatic nitrogens is 2. The Morgan fingerprint density at radius 1 is 1.41 bits per heavy atom. The molecule has 6 nitrogen and oxygen atoms in total. The fourth-order valence-corrected chi connectivity index (χ4v) is 4.08. The van der Waals surface area contributed by atoms with Crippen molar-refractivity contribution in [2.45, 2.75) is 44.3 Å². The Labute approximate surface area is 132 Å². The maximum atomic E-state index is 11.9. The van der Waals surface area contributed by atoms with Crippen molar-refractivity contribution in [3.05, 3.63) is 22.7 Å². The number of hydrogen-bond acceptors (Lipinski definition) is 6. The van der Waals surface area contributed by atoms with Crippen molar-refractivity contribution < 1.29 is 9.32 Å². The van der Waals surface area contributed by atoms with Crippen molar-refractivity contribution in [1.82, 2.24) is 20.4 Å². The lowest BCUT2D eigenvalue weighted by atomic mass is 9.87. The van der Waals surface area contributed by atoms with Crippen LogP contribution in [0.4, 0.5) is 0 Å². The second kappa shape index (κ2) is 5.81. The fourth-order valence-electron chi connectivity index (χ4n) is 3.45. The van der Waals surface area contributed by atoms with E-state index in [4.69, 9.17) is 4.52 Å². The average molecular weight is 318 g/mol. The van der Waals surface area contributed by atoms with Gasteiger partial charge in [-0.05, 0) is 24.3 Å². The molecule has 0 radical (unpaired) electrons. The highest BCUT2D eigenvalue weighted by atomic mass is 32.1. The maximum Gasteiger partial charge on any atom is 0.258 e. The highest BCUT2D eigenvalue weighted by Crippen LogP contribution is 2.27. The second-order valence-electron chi connectivity index (χ2n) is 5.96. The summed E-state index contributed by atoms with van der Waals surface area (Å²) in [6, 6.07) is 2.64. The summed E-state index contributed by atoms with van der Waals surface area (Å²) < 4.78 is 5.33. The van der Waals surface area contributed by atoms with E-state index in [0.717, 1.165) is 18.4 Å². The molecule has 1 amide bonds. The molecule has 0 aromatic carbocycles. The molecule has 0 bridgehead atoms. The normalized spacial score (nSPS) is 25.7. The van der Waals surface area contributed by atoms with Crippen LogP contribution in [0.15, 0.2) is 21.3 Å². The second-order valence-corrected chi connectivity index (χ2v) is 6.74. The van der Waals surface area contributed by atoms with Crippen LogP contribution < -0.4 is 5.32 Å². The molecule has 1 saturated carbocycles. The van der Waals surface area contributed by atoms with Crippen molar-refractivity contribution in [2.75, 3.05) is 6.54 Å². The Morgan fingerprint density at radius 2 is 2.32 bits per heavy atom. The minimum Gasteiger partial charge on any atom is -0.351 e. The predicted molar refractivity (Wildman–Crippen MR) is 82.2 cm³/mol. The third-order valence-electron chi connectivity index (χ3n) is 4.47. The van der Waals surface area contributed by atoms with E-state index >= 15 is 0 Å². The Hall–Kier alpha value is -1.73. The zero-order valence-electron chi connectivity index (χ0n) is 12.2. The number of nitrogens with zero attached hydrogens (tertiary/aromatic N) is 3. The summed E-state index contributed by atoms with van der Waals surface area (Å²) in [4.78, 5) is 18.6. The average Bonchev–Trinajstić information content (AvgIpc) is 3.17. The van der Waals surface area contributed by atoms with Gasteiger partial charge in [-0.15, -0.1) is 0 Å². The molecule has 2 aliphatic rings. The van der Waals surface area contributed by atoms with E-state index in [9.17, 15) is 4.79 Å². The number of carbonyl (C=O) groups excluding carboxylic acids is 1. The van der Waals surface area contributed by atoms with E-state index in [-0.39, 0.29) is 11.9 Å². The molecule has 3 heterocycles. The van der Waals surface area contributed by atoms with Gasteiger partial charge in [-0.25, -0.2) is 0 Å². The van der Waals surface area contributed by atoms with Gasteiger partial charge in [0.2, 0.25) is 5.91 Å². The molecule has 0 spiro atoms. The summed E-state index contributed by atoms with van der Waals surface area (Å²) in [5.74, 6) is 1.31. The van der Waals surface area contributed by atoms with Crippen molar-refractivity contribution in [3.63, 3.8) is 0 Å². The van der Waals surface area contributed by atoms with Crippen LogP contribution >= 0.6 is 11.3 Å². The molecule has 0 unspecified atom stereocenters. The Bertz CT molecular complexity index is 654. The van der Waals surface area contributed by atoms with Gasteiger partial charge in [-0.2, -0.15) is 16.3 Å². The highest BCUT2D eigenvalue weighted by molar-refractivity contribution is 7.08. The largest absolute Gasteiger partial charge is 0.351 e. The first-order chi connectivity index (χ1) is 10.8. The number of hydrogen-bond donors (Lipinski definition) is 1. The molecule has 2 aromatic rings. The fraction of sp³-hybridized carbons (Fsp3) is 0.533. The monoisotopic (exact) mass is 318 g/mol. The van der Waals surface area contributed by atoms with E-state index in [1.165, 1.54) is 12.8 Å². The smallest absolute Gasteiger partial charge is 0.258 e. The van der Waals surface area contributed by atoms with Gasteiger partial charge < -0.3 is 9.84 Å². The third kappa shape index (κ3) is 2.66. The molecule has 4 rings (SSSR count). The van der Waals surface area contributed by atoms with Gasteiger partial charge in [0.1, 0.15) is 0 Å². The number of nitrogens with one attached hydrogen (secondary N) is 1. The summed E-state index contributed by atoms with van der Waals surface area (Å²) in [5, 5.41) is 11.2. The molecule has 2 atom stereocenters. The van der Waals surface area contributed by atoms with Crippen LogP contribution in [0.2, 0.25) is 0 Å². The SMILES string of the molecule is O=C1CN(Cc2noc(-c3ccsc3)n2)[C@@H]2CCCC[C@@H]2N1. The van der Waals surface area contributed by atoms with E-state index in [2.05, 4.69) is 20.4 Å². The lowest BCUT2D eigenvalue weighted by molar-refractivity contribution is -0.128. The van der Waals surface area contributed by atoms with Crippen molar-refractivity contribution in [1.29, 1.82) is 0 Å². The van der Waals surface area contributed by atoms with Gasteiger partial charge >= 0.3 is 0 Å². The molecule has 1 saturated heterocycles. The molecule has 116 valence electrons. The molecule has 2 aromatic heterocycles. The number of amides is 1. The quantitative estimate of drug-likeness (QED) is 0.938. The molecule has 22 heavy (non-hydrogen) atoms. The first-order valence-electron chi connectivity index (χ1n) is 7.68. The Morgan fingerprint density at radius 3 is 3.18 bits per heavy atom.